The first kappa shape index (κ1) is 7.08. The second kappa shape index (κ2) is 3.13. The van der Waals surface area contributed by atoms with Gasteiger partial charge in [-0.05, 0) is 12.8 Å². The van der Waals surface area contributed by atoms with Crippen molar-refractivity contribution in [2.45, 2.75) is 12.8 Å². The Morgan fingerprint density at radius 2 is 1.25 bits per heavy atom. The Kier molecular flexibility index (Phi) is 2.77. The van der Waals surface area contributed by atoms with Gasteiger partial charge in [-0.1, -0.05) is 13.2 Å². The molecule has 0 radical (unpaired) electrons. The van der Waals surface area contributed by atoms with Crippen LogP contribution < -0.4 is 11.5 Å². The molecule has 0 unspecified atom stereocenters. The van der Waals surface area contributed by atoms with Gasteiger partial charge in [0.05, 0.1) is 0 Å². The molecule has 0 saturated carbocycles. The summed E-state index contributed by atoms with van der Waals surface area (Å²) in [5.41, 5.74) is 11.8. The molecule has 0 atom stereocenters. The van der Waals surface area contributed by atoms with Crippen LogP contribution in [-0.4, -0.2) is 0 Å². The van der Waals surface area contributed by atoms with E-state index >= 15 is 0 Å². The van der Waals surface area contributed by atoms with Crippen molar-refractivity contribution in [1.82, 2.24) is 0 Å². The first-order valence-electron chi connectivity index (χ1n) is 2.49. The predicted octanol–water partition coefficient (Wildman–Crippen LogP) is 0.711. The van der Waals surface area contributed by atoms with Crippen molar-refractivity contribution in [3.05, 3.63) is 24.6 Å². The minimum Gasteiger partial charge on any atom is -0.403 e. The number of allylic oxidation sites excluding steroid dienone is 2. The summed E-state index contributed by atoms with van der Waals surface area (Å²) < 4.78 is 0. The number of rotatable bonds is 3. The van der Waals surface area contributed by atoms with Gasteiger partial charge in [0.15, 0.2) is 0 Å². The quantitative estimate of drug-likeness (QED) is 0.565. The number of hydrogen-bond donors (Lipinski definition) is 2. The van der Waals surface area contributed by atoms with Gasteiger partial charge in [-0.15, -0.1) is 0 Å². The Labute approximate surface area is 49.9 Å². The monoisotopic (exact) mass is 112 g/mol. The van der Waals surface area contributed by atoms with E-state index in [1.807, 2.05) is 0 Å². The molecule has 0 fully saturated rings. The zero-order chi connectivity index (χ0) is 6.57. The standard InChI is InChI=1S/C6H12N2/c1-5(7)3-4-6(2)8/h1-4,7-8H2. The van der Waals surface area contributed by atoms with Crippen LogP contribution in [-0.2, 0) is 0 Å². The normalized spacial score (nSPS) is 8.50. The molecule has 0 aliphatic carbocycles. The maximum absolute atomic E-state index is 5.25. The fraction of sp³-hybridized carbons (Fsp3) is 0.333. The van der Waals surface area contributed by atoms with Crippen molar-refractivity contribution < 1.29 is 0 Å². The summed E-state index contributed by atoms with van der Waals surface area (Å²) in [5, 5.41) is 0. The molecule has 0 saturated heterocycles. The van der Waals surface area contributed by atoms with Crippen LogP contribution in [0, 0.1) is 0 Å². The van der Waals surface area contributed by atoms with Gasteiger partial charge >= 0.3 is 0 Å². The molecule has 4 N–H and O–H groups in total. The molecule has 0 bridgehead atoms. The van der Waals surface area contributed by atoms with Crippen LogP contribution in [0.25, 0.3) is 0 Å². The van der Waals surface area contributed by atoms with Gasteiger partial charge < -0.3 is 11.5 Å². The van der Waals surface area contributed by atoms with E-state index in [0.717, 1.165) is 12.8 Å². The summed E-state index contributed by atoms with van der Waals surface area (Å²) >= 11 is 0. The molecule has 0 aromatic heterocycles. The van der Waals surface area contributed by atoms with Crippen LogP contribution in [0.1, 0.15) is 12.8 Å². The van der Waals surface area contributed by atoms with Crippen LogP contribution in [0.4, 0.5) is 0 Å². The second-order valence-electron chi connectivity index (χ2n) is 1.82. The van der Waals surface area contributed by atoms with Crippen molar-refractivity contribution in [3.63, 3.8) is 0 Å². The lowest BCUT2D eigenvalue weighted by Gasteiger charge is -1.96. The highest BCUT2D eigenvalue weighted by Gasteiger charge is 1.86. The molecule has 46 valence electrons. The number of nitrogens with two attached hydrogens (primary N) is 2. The Morgan fingerprint density at radius 1 is 1.00 bits per heavy atom. The van der Waals surface area contributed by atoms with Crippen molar-refractivity contribution in [3.8, 4) is 0 Å². The van der Waals surface area contributed by atoms with E-state index in [0.29, 0.717) is 11.4 Å². The average Bonchev–Trinajstić information content (AvgIpc) is 1.61. The van der Waals surface area contributed by atoms with E-state index in [4.69, 9.17) is 11.5 Å². The first-order chi connectivity index (χ1) is 3.63. The van der Waals surface area contributed by atoms with Gasteiger partial charge in [0, 0.05) is 11.4 Å². The minimum absolute atomic E-state index is 0.664. The zero-order valence-corrected chi connectivity index (χ0v) is 4.98. The van der Waals surface area contributed by atoms with Gasteiger partial charge in [0.1, 0.15) is 0 Å². The summed E-state index contributed by atoms with van der Waals surface area (Å²) in [6, 6.07) is 0. The molecule has 0 heterocycles. The predicted molar refractivity (Wildman–Crippen MR) is 35.9 cm³/mol. The maximum atomic E-state index is 5.25. The van der Waals surface area contributed by atoms with Gasteiger partial charge in [0.25, 0.3) is 0 Å². The van der Waals surface area contributed by atoms with Crippen LogP contribution >= 0.6 is 0 Å². The van der Waals surface area contributed by atoms with Crippen molar-refractivity contribution in [2.24, 2.45) is 11.5 Å². The Bertz CT molecular complexity index is 91.1. The third-order valence-electron chi connectivity index (χ3n) is 0.767. The Balaban J connectivity index is 3.18. The third kappa shape index (κ3) is 5.08. The molecule has 0 aromatic carbocycles. The van der Waals surface area contributed by atoms with Crippen molar-refractivity contribution >= 4 is 0 Å². The average molecular weight is 112 g/mol. The SMILES string of the molecule is C=C(N)CCC(=C)N. The van der Waals surface area contributed by atoms with E-state index < -0.39 is 0 Å². The summed E-state index contributed by atoms with van der Waals surface area (Å²) in [7, 11) is 0. The fourth-order valence-corrected chi connectivity index (χ4v) is 0.321. The lowest BCUT2D eigenvalue weighted by Crippen LogP contribution is -1.99. The summed E-state index contributed by atoms with van der Waals surface area (Å²) in [4.78, 5) is 0. The summed E-state index contributed by atoms with van der Waals surface area (Å²) in [6.07, 6.45) is 1.49. The Hall–Kier alpha value is -0.920. The van der Waals surface area contributed by atoms with Crippen molar-refractivity contribution in [2.75, 3.05) is 0 Å². The topological polar surface area (TPSA) is 52.0 Å². The molecule has 2 heteroatoms. The largest absolute Gasteiger partial charge is 0.403 e. The van der Waals surface area contributed by atoms with Gasteiger partial charge in [-0.2, -0.15) is 0 Å². The van der Waals surface area contributed by atoms with E-state index in [-0.39, 0.29) is 0 Å². The molecule has 2 nitrogen and oxygen atoms in total. The fourth-order valence-electron chi connectivity index (χ4n) is 0.321. The van der Waals surface area contributed by atoms with Crippen LogP contribution in [0.15, 0.2) is 24.6 Å². The highest BCUT2D eigenvalue weighted by atomic mass is 14.6. The molecular weight excluding hydrogens is 100 g/mol. The molecule has 0 aliphatic rings. The van der Waals surface area contributed by atoms with E-state index in [1.165, 1.54) is 0 Å². The van der Waals surface area contributed by atoms with Crippen LogP contribution in [0.5, 0.6) is 0 Å². The van der Waals surface area contributed by atoms with Crippen LogP contribution in [0.3, 0.4) is 0 Å². The molecule has 0 aliphatic heterocycles. The molecule has 0 spiro atoms. The highest BCUT2D eigenvalue weighted by Crippen LogP contribution is 1.98. The van der Waals surface area contributed by atoms with E-state index in [9.17, 15) is 0 Å². The maximum Gasteiger partial charge on any atom is 0.00113 e. The van der Waals surface area contributed by atoms with Gasteiger partial charge in [-0.25, -0.2) is 0 Å². The lowest BCUT2D eigenvalue weighted by atomic mass is 10.2. The van der Waals surface area contributed by atoms with Crippen molar-refractivity contribution in [1.29, 1.82) is 0 Å². The highest BCUT2D eigenvalue weighted by molar-refractivity contribution is 4.94. The second-order valence-corrected chi connectivity index (χ2v) is 1.82. The van der Waals surface area contributed by atoms with E-state index in [2.05, 4.69) is 13.2 Å². The summed E-state index contributed by atoms with van der Waals surface area (Å²) in [5.74, 6) is 0. The zero-order valence-electron chi connectivity index (χ0n) is 4.98. The first-order valence-corrected chi connectivity index (χ1v) is 2.49. The molecule has 0 amide bonds. The van der Waals surface area contributed by atoms with Gasteiger partial charge in [-0.3, -0.25) is 0 Å². The molecule has 0 rings (SSSR count). The lowest BCUT2D eigenvalue weighted by molar-refractivity contribution is 0.907. The smallest absolute Gasteiger partial charge is 0.00113 e. The summed E-state index contributed by atoms with van der Waals surface area (Å²) in [6.45, 7) is 7.02. The molecule has 8 heavy (non-hydrogen) atoms. The molecule has 0 aromatic rings. The third-order valence-corrected chi connectivity index (χ3v) is 0.767. The Morgan fingerprint density at radius 3 is 1.38 bits per heavy atom. The number of hydrogen-bond acceptors (Lipinski definition) is 2. The molecular formula is C6H12N2. The minimum atomic E-state index is 0.664. The van der Waals surface area contributed by atoms with Crippen LogP contribution in [0.2, 0.25) is 0 Å². The van der Waals surface area contributed by atoms with E-state index in [1.54, 1.807) is 0 Å². The van der Waals surface area contributed by atoms with Gasteiger partial charge in [0.2, 0.25) is 0 Å².